The average Bonchev–Trinajstić information content (AvgIpc) is 2.89. The van der Waals surface area contributed by atoms with Gasteiger partial charge in [0.25, 0.3) is 5.79 Å². The normalized spacial score (nSPS) is 26.8. The predicted octanol–water partition coefficient (Wildman–Crippen LogP) is 1.37. The minimum absolute atomic E-state index is 0.0711. The molecule has 9 heteroatoms. The van der Waals surface area contributed by atoms with E-state index in [1.165, 1.54) is 31.5 Å². The van der Waals surface area contributed by atoms with Gasteiger partial charge >= 0.3 is 11.9 Å². The fourth-order valence-corrected chi connectivity index (χ4v) is 3.43. The molecule has 0 N–H and O–H groups in total. The van der Waals surface area contributed by atoms with Crippen LogP contribution in [-0.2, 0) is 23.8 Å². The summed E-state index contributed by atoms with van der Waals surface area (Å²) >= 11 is 1.21. The second-order valence-corrected chi connectivity index (χ2v) is 7.10. The maximum Gasteiger partial charge on any atom is 0.348 e. The highest BCUT2D eigenvalue weighted by Crippen LogP contribution is 2.30. The van der Waals surface area contributed by atoms with E-state index in [-0.39, 0.29) is 17.8 Å². The quantitative estimate of drug-likeness (QED) is 0.447. The Morgan fingerprint density at radius 1 is 1.17 bits per heavy atom. The van der Waals surface area contributed by atoms with Crippen LogP contribution in [0.5, 0.6) is 0 Å². The van der Waals surface area contributed by atoms with Gasteiger partial charge in [0.05, 0.1) is 12.2 Å². The molecule has 2 fully saturated rings. The summed E-state index contributed by atoms with van der Waals surface area (Å²) in [5.74, 6) is -2.71. The van der Waals surface area contributed by atoms with Crippen LogP contribution in [0.15, 0.2) is 5.57 Å². The minimum Gasteiger partial charge on any atom is -0.419 e. The molecule has 130 valence electrons. The van der Waals surface area contributed by atoms with E-state index in [2.05, 4.69) is 14.5 Å². The van der Waals surface area contributed by atoms with Crippen LogP contribution >= 0.6 is 11.5 Å². The molecule has 24 heavy (non-hydrogen) atoms. The van der Waals surface area contributed by atoms with Crippen LogP contribution in [-0.4, -0.2) is 52.6 Å². The van der Waals surface area contributed by atoms with Crippen molar-refractivity contribution in [2.75, 3.05) is 18.0 Å². The van der Waals surface area contributed by atoms with Crippen LogP contribution in [0.25, 0.3) is 6.08 Å². The molecule has 3 heterocycles. The van der Waals surface area contributed by atoms with Crippen LogP contribution in [0.1, 0.15) is 33.4 Å². The summed E-state index contributed by atoms with van der Waals surface area (Å²) in [6, 6.07) is 0. The molecule has 0 saturated carbocycles. The molecule has 2 saturated heterocycles. The van der Waals surface area contributed by atoms with Gasteiger partial charge < -0.3 is 19.1 Å². The van der Waals surface area contributed by atoms with Crippen LogP contribution in [0, 0.1) is 0 Å². The molecule has 0 aliphatic carbocycles. The van der Waals surface area contributed by atoms with Crippen molar-refractivity contribution in [2.45, 2.75) is 45.7 Å². The van der Waals surface area contributed by atoms with Gasteiger partial charge in [-0.3, -0.25) is 0 Å². The third kappa shape index (κ3) is 3.41. The second kappa shape index (κ2) is 6.14. The van der Waals surface area contributed by atoms with Crippen molar-refractivity contribution in [2.24, 2.45) is 0 Å². The van der Waals surface area contributed by atoms with E-state index in [4.69, 9.17) is 14.2 Å². The van der Waals surface area contributed by atoms with Gasteiger partial charge in [0, 0.05) is 38.5 Å². The number of hydrogen-bond acceptors (Lipinski definition) is 9. The Balaban J connectivity index is 1.88. The number of morpholine rings is 1. The van der Waals surface area contributed by atoms with Crippen molar-refractivity contribution in [3.05, 3.63) is 11.3 Å². The summed E-state index contributed by atoms with van der Waals surface area (Å²) in [6.07, 6.45) is 1.52. The monoisotopic (exact) mass is 353 g/mol. The van der Waals surface area contributed by atoms with E-state index in [1.807, 2.05) is 13.8 Å². The lowest BCUT2D eigenvalue weighted by Gasteiger charge is -2.35. The summed E-state index contributed by atoms with van der Waals surface area (Å²) in [5.41, 5.74) is 0.266. The highest BCUT2D eigenvalue weighted by atomic mass is 32.1. The van der Waals surface area contributed by atoms with Gasteiger partial charge in [0.2, 0.25) is 0 Å². The zero-order chi connectivity index (χ0) is 17.5. The van der Waals surface area contributed by atoms with E-state index in [0.29, 0.717) is 18.8 Å². The molecule has 8 nitrogen and oxygen atoms in total. The lowest BCUT2D eigenvalue weighted by molar-refractivity contribution is -0.222. The van der Waals surface area contributed by atoms with Crippen molar-refractivity contribution in [1.82, 2.24) is 9.59 Å². The molecule has 0 aromatic carbocycles. The molecular formula is C15H19N3O5S. The van der Waals surface area contributed by atoms with E-state index >= 15 is 0 Å². The molecule has 0 spiro atoms. The Labute approximate surface area is 143 Å². The van der Waals surface area contributed by atoms with E-state index in [1.54, 1.807) is 0 Å². The van der Waals surface area contributed by atoms with Crippen LogP contribution < -0.4 is 4.90 Å². The van der Waals surface area contributed by atoms with Crippen molar-refractivity contribution in [3.8, 4) is 0 Å². The van der Waals surface area contributed by atoms with Crippen molar-refractivity contribution < 1.29 is 23.8 Å². The van der Waals surface area contributed by atoms with Crippen LogP contribution in [0.4, 0.5) is 5.00 Å². The molecular weight excluding hydrogens is 334 g/mol. The Bertz CT molecular complexity index is 667. The predicted molar refractivity (Wildman–Crippen MR) is 86.4 cm³/mol. The minimum atomic E-state index is -1.26. The number of anilines is 1. The molecule has 0 amide bonds. The van der Waals surface area contributed by atoms with Crippen molar-refractivity contribution in [1.29, 1.82) is 0 Å². The highest BCUT2D eigenvalue weighted by molar-refractivity contribution is 7.10. The van der Waals surface area contributed by atoms with Gasteiger partial charge in [-0.2, -0.15) is 0 Å². The van der Waals surface area contributed by atoms with Gasteiger partial charge in [-0.25, -0.2) is 9.59 Å². The molecule has 2 aliphatic rings. The van der Waals surface area contributed by atoms with Crippen LogP contribution in [0.3, 0.4) is 0 Å². The number of cyclic esters (lactones) is 2. The zero-order valence-electron chi connectivity index (χ0n) is 13.9. The summed E-state index contributed by atoms with van der Waals surface area (Å²) < 4.78 is 19.9. The molecule has 2 atom stereocenters. The number of nitrogens with zero attached hydrogens (tertiary/aromatic N) is 3. The topological polar surface area (TPSA) is 90.9 Å². The van der Waals surface area contributed by atoms with E-state index in [0.717, 1.165) is 5.00 Å². The van der Waals surface area contributed by atoms with E-state index in [9.17, 15) is 9.59 Å². The third-order valence-corrected chi connectivity index (χ3v) is 4.40. The first-order valence-electron chi connectivity index (χ1n) is 7.66. The molecule has 1 aromatic rings. The first-order valence-corrected chi connectivity index (χ1v) is 8.43. The third-order valence-electron chi connectivity index (χ3n) is 3.60. The second-order valence-electron chi connectivity index (χ2n) is 6.36. The fraction of sp³-hybridized carbons (Fsp3) is 0.600. The summed E-state index contributed by atoms with van der Waals surface area (Å²) in [5, 5.41) is 4.82. The molecule has 2 aliphatic heterocycles. The Hall–Kier alpha value is -2.00. The molecule has 0 radical (unpaired) electrons. The lowest BCUT2D eigenvalue weighted by atomic mass is 10.1. The molecule has 3 rings (SSSR count). The average molecular weight is 353 g/mol. The number of rotatable bonds is 2. The number of ether oxygens (including phenoxy) is 3. The van der Waals surface area contributed by atoms with Gasteiger partial charge in [-0.1, -0.05) is 4.49 Å². The van der Waals surface area contributed by atoms with Crippen LogP contribution in [0.2, 0.25) is 0 Å². The number of carbonyl (C=O) groups excluding carboxylic acids is 2. The summed E-state index contributed by atoms with van der Waals surface area (Å²) in [7, 11) is 0. The van der Waals surface area contributed by atoms with Crippen molar-refractivity contribution in [3.63, 3.8) is 0 Å². The van der Waals surface area contributed by atoms with Crippen molar-refractivity contribution >= 4 is 34.5 Å². The first kappa shape index (κ1) is 16.8. The fourth-order valence-electron chi connectivity index (χ4n) is 2.76. The van der Waals surface area contributed by atoms with Gasteiger partial charge in [-0.05, 0) is 19.9 Å². The number of hydrogen-bond donors (Lipinski definition) is 0. The maximum absolute atomic E-state index is 12.1. The maximum atomic E-state index is 12.1. The first-order chi connectivity index (χ1) is 11.2. The Kier molecular flexibility index (Phi) is 4.31. The smallest absolute Gasteiger partial charge is 0.348 e. The summed E-state index contributed by atoms with van der Waals surface area (Å²) in [4.78, 5) is 26.2. The number of carbonyl (C=O) groups is 2. The number of aromatic nitrogens is 2. The highest BCUT2D eigenvalue weighted by Gasteiger charge is 2.39. The van der Waals surface area contributed by atoms with Gasteiger partial charge in [0.1, 0.15) is 16.3 Å². The molecule has 0 bridgehead atoms. The lowest BCUT2D eigenvalue weighted by Crippen LogP contribution is -2.45. The summed E-state index contributed by atoms with van der Waals surface area (Å²) in [6.45, 7) is 8.37. The number of esters is 2. The van der Waals surface area contributed by atoms with Gasteiger partial charge in [0.15, 0.2) is 0 Å². The molecule has 0 unspecified atom stereocenters. The van der Waals surface area contributed by atoms with Gasteiger partial charge in [-0.15, -0.1) is 5.10 Å². The molecule has 1 aromatic heterocycles. The Morgan fingerprint density at radius 3 is 2.33 bits per heavy atom. The standard InChI is InChI=1S/C15H19N3O5S/c1-8-6-18(7-9(2)21-8)12-11(16-17-24-12)5-10-13(19)22-15(3,4)23-14(10)20/h5,8-9H,6-7H2,1-4H3/t8-,9-/m0/s1. The zero-order valence-corrected chi connectivity index (χ0v) is 14.8. The van der Waals surface area contributed by atoms with E-state index < -0.39 is 17.7 Å². The SMILES string of the molecule is C[C@H]1CN(c2snnc2C=C2C(=O)OC(C)(C)OC2=O)C[C@H](C)O1. The Morgan fingerprint density at radius 2 is 1.75 bits per heavy atom. The largest absolute Gasteiger partial charge is 0.419 e.